The van der Waals surface area contributed by atoms with E-state index in [9.17, 15) is 9.65 Å². The van der Waals surface area contributed by atoms with Crippen molar-refractivity contribution in [3.05, 3.63) is 83.2 Å². The Kier molecular flexibility index (Phi) is 4.09. The molecule has 5 heteroatoms. The maximum Gasteiger partial charge on any atom is 0.149 e. The number of fused-ring (bicyclic) bond motifs is 1. The molecule has 4 aromatic rings. The van der Waals surface area contributed by atoms with E-state index in [4.69, 9.17) is 0 Å². The van der Waals surface area contributed by atoms with Gasteiger partial charge in [0.15, 0.2) is 0 Å². The second-order valence-corrected chi connectivity index (χ2v) is 6.41. The highest BCUT2D eigenvalue weighted by Crippen LogP contribution is 2.25. The molecule has 0 aliphatic rings. The predicted octanol–water partition coefficient (Wildman–Crippen LogP) is 5.17. The van der Waals surface area contributed by atoms with Crippen LogP contribution >= 0.6 is 0 Å². The van der Waals surface area contributed by atoms with Crippen LogP contribution in [-0.4, -0.2) is 14.5 Å². The van der Waals surface area contributed by atoms with E-state index in [1.807, 2.05) is 54.8 Å². The van der Waals surface area contributed by atoms with Crippen LogP contribution in [0.15, 0.2) is 54.6 Å². The Bertz CT molecular complexity index is 1170. The molecule has 0 bridgehead atoms. The lowest BCUT2D eigenvalue weighted by Crippen LogP contribution is -1.99. The van der Waals surface area contributed by atoms with Crippen molar-refractivity contribution in [2.45, 2.75) is 13.8 Å². The summed E-state index contributed by atoms with van der Waals surface area (Å²) in [4.78, 5) is 7.71. The summed E-state index contributed by atoms with van der Waals surface area (Å²) in [7, 11) is 0. The van der Waals surface area contributed by atoms with Crippen LogP contribution in [0.1, 0.15) is 22.8 Å². The van der Waals surface area contributed by atoms with Crippen LogP contribution in [0, 0.1) is 31.0 Å². The Morgan fingerprint density at radius 3 is 2.59 bits per heavy atom. The number of nitrogens with zero attached hydrogens (tertiary/aromatic N) is 3. The molecule has 0 fully saturated rings. The number of hydrogen-bond acceptors (Lipinski definition) is 2. The molecule has 0 aliphatic heterocycles. The molecule has 0 amide bonds. The van der Waals surface area contributed by atoms with E-state index in [-0.39, 0.29) is 5.82 Å². The Hall–Kier alpha value is -3.65. The van der Waals surface area contributed by atoms with Gasteiger partial charge < -0.3 is 9.55 Å². The molecule has 4 nitrogen and oxygen atoms in total. The first-order chi connectivity index (χ1) is 13.1. The maximum absolute atomic E-state index is 13.2. The summed E-state index contributed by atoms with van der Waals surface area (Å²) >= 11 is 0. The first-order valence-electron chi connectivity index (χ1n) is 8.58. The minimum absolute atomic E-state index is 0.266. The molecule has 2 aromatic carbocycles. The molecule has 1 N–H and O–H groups in total. The zero-order valence-corrected chi connectivity index (χ0v) is 15.0. The Labute approximate surface area is 156 Å². The highest BCUT2D eigenvalue weighted by molar-refractivity contribution is 5.90. The number of nitrogens with one attached hydrogen (secondary N) is 1. The van der Waals surface area contributed by atoms with Crippen molar-refractivity contribution in [3.63, 3.8) is 0 Å². The first kappa shape index (κ1) is 16.8. The zero-order chi connectivity index (χ0) is 19.0. The van der Waals surface area contributed by atoms with Gasteiger partial charge in [0.2, 0.25) is 0 Å². The molecule has 0 atom stereocenters. The number of aryl methyl sites for hydroxylation is 1. The quantitative estimate of drug-likeness (QED) is 0.515. The van der Waals surface area contributed by atoms with Crippen LogP contribution in [0.3, 0.4) is 0 Å². The normalized spacial score (nSPS) is 11.7. The average molecular weight is 356 g/mol. The molecule has 0 saturated heterocycles. The SMILES string of the molecule is Cc1cc(/C=C(/C#N)c2nc3ccccc3[nH]2)c(C)n1-c1ccc(F)cc1. The van der Waals surface area contributed by atoms with E-state index in [0.29, 0.717) is 11.4 Å². The fourth-order valence-electron chi connectivity index (χ4n) is 3.31. The van der Waals surface area contributed by atoms with E-state index < -0.39 is 0 Å². The molecular formula is C22H17FN4. The second-order valence-electron chi connectivity index (χ2n) is 6.41. The van der Waals surface area contributed by atoms with Gasteiger partial charge in [-0.2, -0.15) is 5.26 Å². The Morgan fingerprint density at radius 2 is 1.89 bits per heavy atom. The molecule has 0 spiro atoms. The molecule has 132 valence electrons. The van der Waals surface area contributed by atoms with Crippen molar-refractivity contribution in [1.29, 1.82) is 5.26 Å². The third kappa shape index (κ3) is 3.02. The summed E-state index contributed by atoms with van der Waals surface area (Å²) < 4.78 is 15.3. The van der Waals surface area contributed by atoms with Gasteiger partial charge in [0.25, 0.3) is 0 Å². The predicted molar refractivity (Wildman–Crippen MR) is 105 cm³/mol. The molecule has 0 radical (unpaired) electrons. The summed E-state index contributed by atoms with van der Waals surface area (Å²) in [6.45, 7) is 3.97. The third-order valence-electron chi connectivity index (χ3n) is 4.62. The minimum atomic E-state index is -0.266. The van der Waals surface area contributed by atoms with Gasteiger partial charge in [0.05, 0.1) is 16.6 Å². The van der Waals surface area contributed by atoms with Gasteiger partial charge in [-0.1, -0.05) is 12.1 Å². The minimum Gasteiger partial charge on any atom is -0.337 e. The number of H-pyrrole nitrogens is 1. The lowest BCUT2D eigenvalue weighted by Gasteiger charge is -2.09. The van der Waals surface area contributed by atoms with Crippen molar-refractivity contribution >= 4 is 22.7 Å². The monoisotopic (exact) mass is 356 g/mol. The summed E-state index contributed by atoms with van der Waals surface area (Å²) in [5.74, 6) is 0.281. The largest absolute Gasteiger partial charge is 0.337 e. The van der Waals surface area contributed by atoms with Gasteiger partial charge in [-0.3, -0.25) is 0 Å². The lowest BCUT2D eigenvalue weighted by molar-refractivity contribution is 0.627. The molecule has 2 aromatic heterocycles. The standard InChI is InChI=1S/C22H17FN4/c1-14-11-16(15(2)27(14)19-9-7-18(23)8-10-19)12-17(13-24)22-25-20-5-3-4-6-21(20)26-22/h3-12H,1-2H3,(H,25,26)/b17-12-. The molecule has 0 aliphatic carbocycles. The first-order valence-corrected chi connectivity index (χ1v) is 8.58. The summed E-state index contributed by atoms with van der Waals surface area (Å²) in [5.41, 5.74) is 5.97. The highest BCUT2D eigenvalue weighted by atomic mass is 19.1. The number of nitriles is 1. The molecule has 27 heavy (non-hydrogen) atoms. The molecule has 0 saturated carbocycles. The van der Waals surface area contributed by atoms with Crippen molar-refractivity contribution in [2.24, 2.45) is 0 Å². The van der Waals surface area contributed by atoms with Crippen LogP contribution in [0.4, 0.5) is 4.39 Å². The van der Waals surface area contributed by atoms with Crippen LogP contribution in [-0.2, 0) is 0 Å². The van der Waals surface area contributed by atoms with E-state index in [1.165, 1.54) is 12.1 Å². The topological polar surface area (TPSA) is 57.4 Å². The number of rotatable bonds is 3. The van der Waals surface area contributed by atoms with Crippen LogP contribution in [0.25, 0.3) is 28.4 Å². The van der Waals surface area contributed by atoms with Crippen molar-refractivity contribution < 1.29 is 4.39 Å². The number of hydrogen-bond donors (Lipinski definition) is 1. The van der Waals surface area contributed by atoms with Crippen LogP contribution in [0.2, 0.25) is 0 Å². The third-order valence-corrected chi connectivity index (χ3v) is 4.62. The Morgan fingerprint density at radius 1 is 1.15 bits per heavy atom. The van der Waals surface area contributed by atoms with Crippen LogP contribution in [0.5, 0.6) is 0 Å². The van der Waals surface area contributed by atoms with E-state index in [2.05, 4.69) is 16.0 Å². The Balaban J connectivity index is 1.79. The number of para-hydroxylation sites is 2. The lowest BCUT2D eigenvalue weighted by atomic mass is 10.1. The summed E-state index contributed by atoms with van der Waals surface area (Å²) in [6.07, 6.45) is 1.83. The fraction of sp³-hybridized carbons (Fsp3) is 0.0909. The molecule has 2 heterocycles. The van der Waals surface area contributed by atoms with Crippen LogP contribution < -0.4 is 0 Å². The van der Waals surface area contributed by atoms with Gasteiger partial charge in [-0.25, -0.2) is 9.37 Å². The van der Waals surface area contributed by atoms with Gasteiger partial charge in [0.1, 0.15) is 17.7 Å². The van der Waals surface area contributed by atoms with Gasteiger partial charge in [-0.15, -0.1) is 0 Å². The highest BCUT2D eigenvalue weighted by Gasteiger charge is 2.13. The molecule has 0 unspecified atom stereocenters. The summed E-state index contributed by atoms with van der Waals surface area (Å²) in [5, 5.41) is 9.65. The fourth-order valence-corrected chi connectivity index (χ4v) is 3.31. The number of aromatic nitrogens is 3. The van der Waals surface area contributed by atoms with Crippen molar-refractivity contribution in [3.8, 4) is 11.8 Å². The number of aromatic amines is 1. The molecular weight excluding hydrogens is 339 g/mol. The number of allylic oxidation sites excluding steroid dienone is 1. The second kappa shape index (κ2) is 6.58. The molecule has 4 rings (SSSR count). The van der Waals surface area contributed by atoms with E-state index in [0.717, 1.165) is 33.7 Å². The number of imidazole rings is 1. The zero-order valence-electron chi connectivity index (χ0n) is 15.0. The smallest absolute Gasteiger partial charge is 0.149 e. The maximum atomic E-state index is 13.2. The van der Waals surface area contributed by atoms with Gasteiger partial charge in [-0.05, 0) is 68.0 Å². The van der Waals surface area contributed by atoms with E-state index >= 15 is 0 Å². The van der Waals surface area contributed by atoms with Crippen molar-refractivity contribution in [2.75, 3.05) is 0 Å². The number of halogens is 1. The van der Waals surface area contributed by atoms with Gasteiger partial charge in [0, 0.05) is 17.1 Å². The number of benzene rings is 2. The van der Waals surface area contributed by atoms with Crippen molar-refractivity contribution in [1.82, 2.24) is 14.5 Å². The van der Waals surface area contributed by atoms with Gasteiger partial charge >= 0.3 is 0 Å². The summed E-state index contributed by atoms with van der Waals surface area (Å²) in [6, 6.07) is 18.3. The average Bonchev–Trinajstić information content (AvgIpc) is 3.21. The van der Waals surface area contributed by atoms with E-state index in [1.54, 1.807) is 12.1 Å².